The number of fused-ring (bicyclic) bond motifs is 20. The zero-order chi connectivity index (χ0) is 49.2. The Hall–Kier alpha value is -9.70. The summed E-state index contributed by atoms with van der Waals surface area (Å²) in [5.41, 5.74) is 21.4. The number of ether oxygens (including phenoxy) is 2. The molecule has 3 nitrogen and oxygen atoms in total. The Kier molecular flexibility index (Phi) is 8.88. The minimum atomic E-state index is -0.613. The third-order valence-electron chi connectivity index (χ3n) is 16.6. The average Bonchev–Trinajstić information content (AvgIpc) is 4.18. The summed E-state index contributed by atoms with van der Waals surface area (Å²) in [6.45, 7) is 0. The second kappa shape index (κ2) is 15.9. The summed E-state index contributed by atoms with van der Waals surface area (Å²) in [5, 5.41) is 2.38. The number of anilines is 3. The fourth-order valence-electron chi connectivity index (χ4n) is 13.6. The summed E-state index contributed by atoms with van der Waals surface area (Å²) in [6.07, 6.45) is 0. The molecule has 3 heteroatoms. The van der Waals surface area contributed by atoms with Crippen molar-refractivity contribution in [3.05, 3.63) is 317 Å². The van der Waals surface area contributed by atoms with Crippen molar-refractivity contribution >= 4 is 27.8 Å². The molecule has 0 saturated carbocycles. The highest BCUT2D eigenvalue weighted by atomic mass is 16.5. The van der Waals surface area contributed by atoms with Crippen LogP contribution in [-0.4, -0.2) is 0 Å². The van der Waals surface area contributed by atoms with E-state index in [1.165, 1.54) is 66.6 Å². The highest BCUT2D eigenvalue weighted by molar-refractivity contribution is 6.04. The fraction of sp³-hybridized carbons (Fsp3) is 0.0278. The van der Waals surface area contributed by atoms with Crippen molar-refractivity contribution in [1.82, 2.24) is 0 Å². The number of para-hydroxylation sites is 4. The van der Waals surface area contributed by atoms with Crippen molar-refractivity contribution in [2.75, 3.05) is 4.90 Å². The first kappa shape index (κ1) is 41.9. The Morgan fingerprint density at radius 2 is 0.720 bits per heavy atom. The lowest BCUT2D eigenvalue weighted by molar-refractivity contribution is 0.436. The molecule has 12 aromatic carbocycles. The van der Waals surface area contributed by atoms with Gasteiger partial charge in [0.05, 0.1) is 16.5 Å². The normalized spacial score (nSPS) is 14.0. The Bertz CT molecular complexity index is 4220. The fourth-order valence-corrected chi connectivity index (χ4v) is 13.6. The van der Waals surface area contributed by atoms with E-state index in [0.29, 0.717) is 0 Å². The molecule has 12 aromatic rings. The van der Waals surface area contributed by atoms with Crippen molar-refractivity contribution in [2.45, 2.75) is 10.8 Å². The Balaban J connectivity index is 0.929. The number of nitrogens with zero attached hydrogens (tertiary/aromatic N) is 1. The van der Waals surface area contributed by atoms with Crippen molar-refractivity contribution in [3.63, 3.8) is 0 Å². The molecule has 2 spiro atoms. The summed E-state index contributed by atoms with van der Waals surface area (Å²) in [6, 6.07) is 99.9. The van der Waals surface area contributed by atoms with E-state index in [1.807, 2.05) is 0 Å². The van der Waals surface area contributed by atoms with Crippen LogP contribution >= 0.6 is 0 Å². The standard InChI is InChI=1S/C72H45NO2/c1-2-17-46(18-3-1)47-33-35-48(36-34-47)49-37-40-51(41-38-49)73(64-28-16-27-63-69(64)56-20-5-7-22-58(56)71(63)59-23-8-12-29-65(59)74-66-30-13-9-24-60(66)71)52-42-44-53-50(45-52)39-43-55-54-19-4-6-21-57(54)72(70(53)55)61-25-10-14-31-67(61)75-68-32-15-11-26-62(68)72/h1-45H. The van der Waals surface area contributed by atoms with Gasteiger partial charge in [0.2, 0.25) is 0 Å². The SMILES string of the molecule is c1ccc(-c2ccc(-c3ccc(N(c4ccc5c6c(ccc5c4)-c4ccccc4C64c5ccccc5Oc5ccccc54)c4cccc5c4-c4ccccc4C54c5ccccc5Oc5ccccc54)cc3)cc2)cc1. The number of rotatable bonds is 5. The summed E-state index contributed by atoms with van der Waals surface area (Å²) in [5.74, 6) is 3.54. The molecule has 0 fully saturated rings. The van der Waals surface area contributed by atoms with Crippen LogP contribution < -0.4 is 14.4 Å². The molecule has 2 aliphatic carbocycles. The van der Waals surface area contributed by atoms with Crippen molar-refractivity contribution < 1.29 is 9.47 Å². The van der Waals surface area contributed by atoms with Gasteiger partial charge in [0.1, 0.15) is 23.0 Å². The van der Waals surface area contributed by atoms with Crippen LogP contribution in [-0.2, 0) is 10.8 Å². The molecule has 0 amide bonds. The van der Waals surface area contributed by atoms with Crippen molar-refractivity contribution in [2.24, 2.45) is 0 Å². The van der Waals surface area contributed by atoms with E-state index in [-0.39, 0.29) is 0 Å². The van der Waals surface area contributed by atoms with E-state index >= 15 is 0 Å². The molecular weight excluding hydrogens is 911 g/mol. The third-order valence-corrected chi connectivity index (χ3v) is 16.6. The number of hydrogen-bond acceptors (Lipinski definition) is 3. The van der Waals surface area contributed by atoms with Crippen LogP contribution in [0.25, 0.3) is 55.3 Å². The van der Waals surface area contributed by atoms with Gasteiger partial charge in [-0.1, -0.05) is 218 Å². The molecule has 0 unspecified atom stereocenters. The number of benzene rings is 12. The quantitative estimate of drug-likeness (QED) is 0.172. The lowest BCUT2D eigenvalue weighted by atomic mass is 9.65. The maximum Gasteiger partial charge on any atom is 0.132 e. The van der Waals surface area contributed by atoms with Crippen LogP contribution in [0.1, 0.15) is 44.5 Å². The Morgan fingerprint density at radius 3 is 1.31 bits per heavy atom. The minimum Gasteiger partial charge on any atom is -0.457 e. The molecule has 2 heterocycles. The molecule has 0 radical (unpaired) electrons. The highest BCUT2D eigenvalue weighted by Crippen LogP contribution is 2.66. The van der Waals surface area contributed by atoms with Gasteiger partial charge in [0, 0.05) is 39.2 Å². The van der Waals surface area contributed by atoms with E-state index in [2.05, 4.69) is 278 Å². The monoisotopic (exact) mass is 955 g/mol. The summed E-state index contributed by atoms with van der Waals surface area (Å²) >= 11 is 0. The molecule has 75 heavy (non-hydrogen) atoms. The zero-order valence-electron chi connectivity index (χ0n) is 40.7. The van der Waals surface area contributed by atoms with Crippen LogP contribution in [0.5, 0.6) is 23.0 Å². The van der Waals surface area contributed by atoms with Gasteiger partial charge in [-0.2, -0.15) is 0 Å². The maximum atomic E-state index is 6.74. The molecular formula is C72H45NO2. The van der Waals surface area contributed by atoms with Crippen molar-refractivity contribution in [3.8, 4) is 67.5 Å². The van der Waals surface area contributed by atoms with E-state index in [9.17, 15) is 0 Å². The second-order valence-corrected chi connectivity index (χ2v) is 20.2. The van der Waals surface area contributed by atoms with Gasteiger partial charge in [-0.15, -0.1) is 0 Å². The van der Waals surface area contributed by atoms with Gasteiger partial charge in [-0.05, 0) is 127 Å². The predicted molar refractivity (Wildman–Crippen MR) is 304 cm³/mol. The largest absolute Gasteiger partial charge is 0.457 e. The molecule has 0 N–H and O–H groups in total. The summed E-state index contributed by atoms with van der Waals surface area (Å²) < 4.78 is 13.5. The molecule has 0 atom stereocenters. The number of hydrogen-bond donors (Lipinski definition) is 0. The van der Waals surface area contributed by atoms with Gasteiger partial charge < -0.3 is 14.4 Å². The Labute approximate surface area is 435 Å². The topological polar surface area (TPSA) is 21.7 Å². The summed E-state index contributed by atoms with van der Waals surface area (Å²) in [4.78, 5) is 2.49. The third kappa shape index (κ3) is 5.75. The molecule has 4 aliphatic rings. The molecule has 16 rings (SSSR count). The predicted octanol–water partition coefficient (Wildman–Crippen LogP) is 18.6. The molecule has 350 valence electrons. The highest BCUT2D eigenvalue weighted by Gasteiger charge is 2.53. The molecule has 0 aromatic heterocycles. The van der Waals surface area contributed by atoms with Crippen molar-refractivity contribution in [1.29, 1.82) is 0 Å². The lowest BCUT2D eigenvalue weighted by Crippen LogP contribution is -2.32. The van der Waals surface area contributed by atoms with Gasteiger partial charge in [0.25, 0.3) is 0 Å². The first-order chi connectivity index (χ1) is 37.2. The summed E-state index contributed by atoms with van der Waals surface area (Å²) in [7, 11) is 0. The van der Waals surface area contributed by atoms with E-state index in [1.54, 1.807) is 0 Å². The second-order valence-electron chi connectivity index (χ2n) is 20.2. The molecule has 2 aliphatic heterocycles. The first-order valence-electron chi connectivity index (χ1n) is 25.9. The van der Waals surface area contributed by atoms with E-state index < -0.39 is 10.8 Å². The van der Waals surface area contributed by atoms with E-state index in [0.717, 1.165) is 73.3 Å². The minimum absolute atomic E-state index is 0.595. The van der Waals surface area contributed by atoms with Crippen LogP contribution in [0.15, 0.2) is 273 Å². The van der Waals surface area contributed by atoms with Gasteiger partial charge >= 0.3 is 0 Å². The van der Waals surface area contributed by atoms with E-state index in [4.69, 9.17) is 9.47 Å². The van der Waals surface area contributed by atoms with Gasteiger partial charge in [-0.25, -0.2) is 0 Å². The van der Waals surface area contributed by atoms with Crippen LogP contribution in [0, 0.1) is 0 Å². The molecule has 0 saturated heterocycles. The zero-order valence-corrected chi connectivity index (χ0v) is 40.7. The lowest BCUT2D eigenvalue weighted by Gasteiger charge is -2.40. The van der Waals surface area contributed by atoms with Crippen LogP contribution in [0.2, 0.25) is 0 Å². The first-order valence-corrected chi connectivity index (χ1v) is 25.9. The van der Waals surface area contributed by atoms with Crippen LogP contribution in [0.4, 0.5) is 17.1 Å². The molecule has 0 bridgehead atoms. The maximum absolute atomic E-state index is 6.74. The van der Waals surface area contributed by atoms with Gasteiger partial charge in [-0.3, -0.25) is 0 Å². The van der Waals surface area contributed by atoms with Gasteiger partial charge in [0.15, 0.2) is 0 Å². The smallest absolute Gasteiger partial charge is 0.132 e. The van der Waals surface area contributed by atoms with Crippen LogP contribution in [0.3, 0.4) is 0 Å². The average molecular weight is 956 g/mol. The Morgan fingerprint density at radius 1 is 0.280 bits per heavy atom.